The van der Waals surface area contributed by atoms with Crippen LogP contribution in [0.4, 0.5) is 0 Å². The molecule has 4 rings (SSSR count). The van der Waals surface area contributed by atoms with E-state index in [1.165, 1.54) is 0 Å². The average Bonchev–Trinajstić information content (AvgIpc) is 2.88. The lowest BCUT2D eigenvalue weighted by molar-refractivity contribution is -0.134. The van der Waals surface area contributed by atoms with E-state index in [-0.39, 0.29) is 18.4 Å². The Kier molecular flexibility index (Phi) is 7.25. The molecule has 0 radical (unpaired) electrons. The van der Waals surface area contributed by atoms with Crippen LogP contribution in [0, 0.1) is 0 Å². The van der Waals surface area contributed by atoms with Crippen LogP contribution in [-0.2, 0) is 4.79 Å². The molecule has 1 fully saturated rings. The van der Waals surface area contributed by atoms with Crippen LogP contribution in [0.15, 0.2) is 78.9 Å². The predicted molar refractivity (Wildman–Crippen MR) is 127 cm³/mol. The third kappa shape index (κ3) is 5.52. The first kappa shape index (κ1) is 22.4. The van der Waals surface area contributed by atoms with Gasteiger partial charge >= 0.3 is 0 Å². The average molecular weight is 445 g/mol. The number of carbonyl (C=O) groups is 2. The zero-order valence-corrected chi connectivity index (χ0v) is 18.8. The van der Waals surface area contributed by atoms with Gasteiger partial charge in [0.05, 0.1) is 6.61 Å². The number of rotatable bonds is 7. The number of piperazine rings is 1. The molecule has 1 saturated heterocycles. The molecule has 33 heavy (non-hydrogen) atoms. The molecule has 1 heterocycles. The lowest BCUT2D eigenvalue weighted by Crippen LogP contribution is -2.51. The lowest BCUT2D eigenvalue weighted by atomic mass is 10.0. The van der Waals surface area contributed by atoms with Crippen molar-refractivity contribution in [2.45, 2.75) is 6.92 Å². The van der Waals surface area contributed by atoms with Crippen molar-refractivity contribution < 1.29 is 19.1 Å². The molecule has 3 aromatic carbocycles. The van der Waals surface area contributed by atoms with Crippen LogP contribution < -0.4 is 9.47 Å². The quantitative estimate of drug-likeness (QED) is 0.550. The van der Waals surface area contributed by atoms with Crippen molar-refractivity contribution in [2.24, 2.45) is 0 Å². The first-order chi connectivity index (χ1) is 16.2. The van der Waals surface area contributed by atoms with Crippen molar-refractivity contribution >= 4 is 11.8 Å². The van der Waals surface area contributed by atoms with Crippen molar-refractivity contribution in [3.8, 4) is 22.6 Å². The Balaban J connectivity index is 1.28. The van der Waals surface area contributed by atoms with Crippen molar-refractivity contribution in [1.29, 1.82) is 0 Å². The van der Waals surface area contributed by atoms with E-state index in [0.29, 0.717) is 49.8 Å². The summed E-state index contributed by atoms with van der Waals surface area (Å²) in [5, 5.41) is 0. The van der Waals surface area contributed by atoms with Crippen molar-refractivity contribution in [3.63, 3.8) is 0 Å². The fourth-order valence-electron chi connectivity index (χ4n) is 3.85. The summed E-state index contributed by atoms with van der Waals surface area (Å²) in [4.78, 5) is 29.1. The number of ether oxygens (including phenoxy) is 2. The third-order valence-electron chi connectivity index (χ3n) is 5.66. The predicted octanol–water partition coefficient (Wildman–Crippen LogP) is 4.12. The van der Waals surface area contributed by atoms with E-state index in [9.17, 15) is 9.59 Å². The van der Waals surface area contributed by atoms with Crippen LogP contribution in [0.25, 0.3) is 11.1 Å². The van der Waals surface area contributed by atoms with E-state index in [1.807, 2.05) is 79.7 Å². The maximum Gasteiger partial charge on any atom is 0.260 e. The van der Waals surface area contributed by atoms with Gasteiger partial charge < -0.3 is 19.3 Å². The second-order valence-corrected chi connectivity index (χ2v) is 7.78. The summed E-state index contributed by atoms with van der Waals surface area (Å²) in [5.41, 5.74) is 2.86. The van der Waals surface area contributed by atoms with E-state index < -0.39 is 0 Å². The molecule has 1 aliphatic rings. The minimum atomic E-state index is -0.0967. The van der Waals surface area contributed by atoms with Gasteiger partial charge in [-0.25, -0.2) is 0 Å². The molecule has 0 aliphatic carbocycles. The molecular formula is C27H28N2O4. The van der Waals surface area contributed by atoms with E-state index in [0.717, 1.165) is 11.1 Å². The summed E-state index contributed by atoms with van der Waals surface area (Å²) in [6, 6.07) is 25.1. The second kappa shape index (κ2) is 10.7. The Labute approximate surface area is 194 Å². The van der Waals surface area contributed by atoms with Crippen molar-refractivity contribution in [3.05, 3.63) is 84.4 Å². The summed E-state index contributed by atoms with van der Waals surface area (Å²) in [5.74, 6) is 1.08. The molecule has 0 saturated carbocycles. The van der Waals surface area contributed by atoms with Gasteiger partial charge in [0.25, 0.3) is 11.8 Å². The summed E-state index contributed by atoms with van der Waals surface area (Å²) in [6.07, 6.45) is 0. The van der Waals surface area contributed by atoms with Gasteiger partial charge in [-0.05, 0) is 42.3 Å². The summed E-state index contributed by atoms with van der Waals surface area (Å²) in [7, 11) is 0. The van der Waals surface area contributed by atoms with Crippen LogP contribution in [0.2, 0.25) is 0 Å². The molecule has 0 atom stereocenters. The molecule has 6 nitrogen and oxygen atoms in total. The van der Waals surface area contributed by atoms with Gasteiger partial charge in [0, 0.05) is 31.7 Å². The third-order valence-corrected chi connectivity index (χ3v) is 5.66. The van der Waals surface area contributed by atoms with Crippen LogP contribution in [0.1, 0.15) is 17.3 Å². The monoisotopic (exact) mass is 444 g/mol. The molecule has 0 bridgehead atoms. The summed E-state index contributed by atoms with van der Waals surface area (Å²) in [6.45, 7) is 4.35. The smallest absolute Gasteiger partial charge is 0.260 e. The van der Waals surface area contributed by atoms with E-state index in [4.69, 9.17) is 9.47 Å². The van der Waals surface area contributed by atoms with Gasteiger partial charge in [-0.2, -0.15) is 0 Å². The van der Waals surface area contributed by atoms with Crippen molar-refractivity contribution in [1.82, 2.24) is 9.80 Å². The SMILES string of the molecule is CCOc1ccccc1OCC(=O)N1CCN(C(=O)c2ccc(-c3ccccc3)cc2)CC1. The fraction of sp³-hybridized carbons (Fsp3) is 0.259. The molecule has 0 spiro atoms. The number of nitrogens with zero attached hydrogens (tertiary/aromatic N) is 2. The molecule has 170 valence electrons. The van der Waals surface area contributed by atoms with Gasteiger partial charge in [0.1, 0.15) is 0 Å². The van der Waals surface area contributed by atoms with Crippen LogP contribution >= 0.6 is 0 Å². The van der Waals surface area contributed by atoms with Crippen molar-refractivity contribution in [2.75, 3.05) is 39.4 Å². The fourth-order valence-corrected chi connectivity index (χ4v) is 3.85. The minimum Gasteiger partial charge on any atom is -0.490 e. The normalized spacial score (nSPS) is 13.5. The summed E-state index contributed by atoms with van der Waals surface area (Å²) < 4.78 is 11.2. The zero-order chi connectivity index (χ0) is 23.0. The minimum absolute atomic E-state index is 0.0106. The molecule has 3 aromatic rings. The molecule has 2 amide bonds. The molecule has 6 heteroatoms. The van der Waals surface area contributed by atoms with E-state index in [1.54, 1.807) is 15.9 Å². The first-order valence-electron chi connectivity index (χ1n) is 11.2. The molecule has 0 N–H and O–H groups in total. The number of benzene rings is 3. The highest BCUT2D eigenvalue weighted by Crippen LogP contribution is 2.26. The Bertz CT molecular complexity index is 1070. The maximum absolute atomic E-state index is 12.9. The Morgan fingerprint density at radius 3 is 1.88 bits per heavy atom. The standard InChI is InChI=1S/C27H28N2O4/c1-2-32-24-10-6-7-11-25(24)33-20-26(30)28-16-18-29(19-17-28)27(31)23-14-12-22(13-15-23)21-8-4-3-5-9-21/h3-15H,2,16-20H2,1H3. The Morgan fingerprint density at radius 1 is 0.697 bits per heavy atom. The highest BCUT2D eigenvalue weighted by atomic mass is 16.5. The van der Waals surface area contributed by atoms with E-state index in [2.05, 4.69) is 0 Å². The van der Waals surface area contributed by atoms with Gasteiger partial charge in [0.15, 0.2) is 18.1 Å². The number of carbonyl (C=O) groups excluding carboxylic acids is 2. The lowest BCUT2D eigenvalue weighted by Gasteiger charge is -2.34. The van der Waals surface area contributed by atoms with E-state index >= 15 is 0 Å². The van der Waals surface area contributed by atoms with Gasteiger partial charge in [-0.1, -0.05) is 54.6 Å². The van der Waals surface area contributed by atoms with Crippen LogP contribution in [0.5, 0.6) is 11.5 Å². The number of para-hydroxylation sites is 2. The number of hydrogen-bond acceptors (Lipinski definition) is 4. The molecular weight excluding hydrogens is 416 g/mol. The molecule has 1 aliphatic heterocycles. The highest BCUT2D eigenvalue weighted by molar-refractivity contribution is 5.95. The maximum atomic E-state index is 12.9. The topological polar surface area (TPSA) is 59.1 Å². The Morgan fingerprint density at radius 2 is 1.24 bits per heavy atom. The molecule has 0 unspecified atom stereocenters. The number of amides is 2. The largest absolute Gasteiger partial charge is 0.490 e. The van der Waals surface area contributed by atoms with Gasteiger partial charge in [0.2, 0.25) is 0 Å². The van der Waals surface area contributed by atoms with Crippen LogP contribution in [-0.4, -0.2) is 61.0 Å². The Hall–Kier alpha value is -3.80. The first-order valence-corrected chi connectivity index (χ1v) is 11.2. The van der Waals surface area contributed by atoms with Gasteiger partial charge in [-0.15, -0.1) is 0 Å². The summed E-state index contributed by atoms with van der Waals surface area (Å²) >= 11 is 0. The zero-order valence-electron chi connectivity index (χ0n) is 18.8. The number of hydrogen-bond donors (Lipinski definition) is 0. The van der Waals surface area contributed by atoms with Crippen LogP contribution in [0.3, 0.4) is 0 Å². The molecule has 0 aromatic heterocycles. The highest BCUT2D eigenvalue weighted by Gasteiger charge is 2.25. The van der Waals surface area contributed by atoms with Gasteiger partial charge in [-0.3, -0.25) is 9.59 Å². The second-order valence-electron chi connectivity index (χ2n) is 7.78.